The minimum atomic E-state index is -1.11. The van der Waals surface area contributed by atoms with Gasteiger partial charge < -0.3 is 25.5 Å². The topological polar surface area (TPSA) is 151 Å². The van der Waals surface area contributed by atoms with E-state index in [-0.39, 0.29) is 31.3 Å². The van der Waals surface area contributed by atoms with Gasteiger partial charge in [0.15, 0.2) is 0 Å². The lowest BCUT2D eigenvalue weighted by Gasteiger charge is -2.27. The van der Waals surface area contributed by atoms with Gasteiger partial charge in [-0.2, -0.15) is 0 Å². The summed E-state index contributed by atoms with van der Waals surface area (Å²) < 4.78 is 4.83. The molecule has 0 aliphatic carbocycles. The lowest BCUT2D eigenvalue weighted by Crippen LogP contribution is -2.55. The molecule has 1 aliphatic rings. The van der Waals surface area contributed by atoms with E-state index in [9.17, 15) is 28.8 Å². The zero-order valence-corrected chi connectivity index (χ0v) is 21.0. The van der Waals surface area contributed by atoms with Gasteiger partial charge in [0.25, 0.3) is 0 Å². The van der Waals surface area contributed by atoms with Crippen molar-refractivity contribution in [2.24, 2.45) is 5.92 Å². The molecule has 0 saturated carbocycles. The Morgan fingerprint density at radius 2 is 1.83 bits per heavy atom. The molecular weight excluding hydrogens is 468 g/mol. The van der Waals surface area contributed by atoms with Crippen molar-refractivity contribution in [3.63, 3.8) is 0 Å². The number of ether oxygens (including phenoxy) is 1. The van der Waals surface area contributed by atoms with Crippen LogP contribution >= 0.6 is 0 Å². The quantitative estimate of drug-likeness (QED) is 0.274. The number of para-hydroxylation sites is 1. The number of benzene rings is 1. The highest BCUT2D eigenvalue weighted by atomic mass is 16.5. The van der Waals surface area contributed by atoms with Crippen LogP contribution in [0.5, 0.6) is 0 Å². The Balaban J connectivity index is 2.16. The number of amides is 4. The maximum absolute atomic E-state index is 13.2. The van der Waals surface area contributed by atoms with E-state index in [2.05, 4.69) is 16.0 Å². The Morgan fingerprint density at radius 1 is 1.14 bits per heavy atom. The largest absolute Gasteiger partial charge is 0.466 e. The number of carbonyl (C=O) groups is 6. The van der Waals surface area contributed by atoms with Gasteiger partial charge in [0.1, 0.15) is 18.4 Å². The number of hydrogen-bond acceptors (Lipinski definition) is 7. The Labute approximate surface area is 210 Å². The third kappa shape index (κ3) is 7.37. The van der Waals surface area contributed by atoms with Crippen molar-refractivity contribution in [1.29, 1.82) is 0 Å². The average Bonchev–Trinajstić information content (AvgIpc) is 3.24. The highest BCUT2D eigenvalue weighted by molar-refractivity contribution is 6.05. The molecule has 0 spiro atoms. The summed E-state index contributed by atoms with van der Waals surface area (Å²) >= 11 is 0. The van der Waals surface area contributed by atoms with Gasteiger partial charge in [-0.3, -0.25) is 28.9 Å². The number of hydrogen-bond donors (Lipinski definition) is 3. The van der Waals surface area contributed by atoms with E-state index in [4.69, 9.17) is 4.74 Å². The van der Waals surface area contributed by atoms with Crippen molar-refractivity contribution in [3.05, 3.63) is 29.8 Å². The number of esters is 1. The number of anilines is 1. The number of nitrogens with zero attached hydrogens (tertiary/aromatic N) is 1. The number of nitrogens with one attached hydrogen (secondary N) is 3. The molecule has 1 aromatic carbocycles. The van der Waals surface area contributed by atoms with Crippen LogP contribution < -0.4 is 20.9 Å². The zero-order chi connectivity index (χ0) is 26.8. The first-order valence-electron chi connectivity index (χ1n) is 12.0. The highest BCUT2D eigenvalue weighted by Crippen LogP contribution is 2.32. The van der Waals surface area contributed by atoms with Gasteiger partial charge in [0.05, 0.1) is 25.6 Å². The summed E-state index contributed by atoms with van der Waals surface area (Å²) in [5.41, 5.74) is 1.27. The molecule has 196 valence electrons. The lowest BCUT2D eigenvalue weighted by molar-refractivity contribution is -0.144. The van der Waals surface area contributed by atoms with E-state index in [0.29, 0.717) is 18.4 Å². The van der Waals surface area contributed by atoms with Gasteiger partial charge in [-0.05, 0) is 24.5 Å². The second kappa shape index (κ2) is 13.4. The summed E-state index contributed by atoms with van der Waals surface area (Å²) in [6.45, 7) is 6.39. The van der Waals surface area contributed by atoms with Crippen LogP contribution in [0.25, 0.3) is 0 Å². The van der Waals surface area contributed by atoms with Crippen LogP contribution in [0.15, 0.2) is 24.3 Å². The normalized spacial score (nSPS) is 16.7. The second-order valence-corrected chi connectivity index (χ2v) is 8.65. The molecule has 11 nitrogen and oxygen atoms in total. The smallest absolute Gasteiger partial charge is 0.308 e. The van der Waals surface area contributed by atoms with Crippen molar-refractivity contribution < 1.29 is 33.5 Å². The minimum absolute atomic E-state index is 0.143. The van der Waals surface area contributed by atoms with Crippen molar-refractivity contribution >= 4 is 41.6 Å². The Hall–Kier alpha value is -3.76. The fourth-order valence-corrected chi connectivity index (χ4v) is 3.99. The number of carbonyl (C=O) groups excluding carboxylic acids is 6. The van der Waals surface area contributed by atoms with Gasteiger partial charge in [0, 0.05) is 19.0 Å². The number of rotatable bonds is 12. The molecular formula is C25H34N4O7. The average molecular weight is 503 g/mol. The van der Waals surface area contributed by atoms with Gasteiger partial charge in [0.2, 0.25) is 23.6 Å². The predicted molar refractivity (Wildman–Crippen MR) is 131 cm³/mol. The van der Waals surface area contributed by atoms with Crippen LogP contribution in [0.4, 0.5) is 5.69 Å². The maximum atomic E-state index is 13.2. The van der Waals surface area contributed by atoms with Crippen LogP contribution in [-0.4, -0.2) is 67.2 Å². The summed E-state index contributed by atoms with van der Waals surface area (Å²) in [5.74, 6) is -2.79. The number of fused-ring (bicyclic) bond motifs is 1. The summed E-state index contributed by atoms with van der Waals surface area (Å²) in [4.78, 5) is 75.1. The second-order valence-electron chi connectivity index (χ2n) is 8.65. The van der Waals surface area contributed by atoms with Crippen molar-refractivity contribution in [1.82, 2.24) is 16.0 Å². The molecule has 1 unspecified atom stereocenters. The standard InChI is InChI=1S/C25H34N4O7/c1-5-15(3)23(27-16(4)31)25(35)26-13-21(32)29-19-10-8-7-9-17(19)11-20(29)24(34)28-18(14-30)12-22(33)36-6-2/h7-10,14-15,18,20,23H,5-6,11-13H2,1-4H3,(H,26,35)(H,27,31)(H,28,34)/t15-,18-,20?,23-/m0/s1. The molecule has 0 radical (unpaired) electrons. The summed E-state index contributed by atoms with van der Waals surface area (Å²) in [6.07, 6.45) is 0.957. The lowest BCUT2D eigenvalue weighted by atomic mass is 9.98. The molecule has 4 amide bonds. The van der Waals surface area contributed by atoms with E-state index >= 15 is 0 Å². The minimum Gasteiger partial charge on any atom is -0.466 e. The molecule has 0 fully saturated rings. The molecule has 1 heterocycles. The van der Waals surface area contributed by atoms with Crippen molar-refractivity contribution in [3.8, 4) is 0 Å². The van der Waals surface area contributed by atoms with Crippen LogP contribution in [0.2, 0.25) is 0 Å². The third-order valence-electron chi connectivity index (χ3n) is 6.00. The molecule has 1 aliphatic heterocycles. The zero-order valence-electron chi connectivity index (χ0n) is 21.0. The predicted octanol–water partition coefficient (Wildman–Crippen LogP) is 0.248. The maximum Gasteiger partial charge on any atom is 0.308 e. The summed E-state index contributed by atoms with van der Waals surface area (Å²) in [6, 6.07) is 4.10. The summed E-state index contributed by atoms with van der Waals surface area (Å²) in [5, 5.41) is 7.68. The van der Waals surface area contributed by atoms with Crippen molar-refractivity contribution in [2.75, 3.05) is 18.1 Å². The molecule has 0 aromatic heterocycles. The first-order valence-corrected chi connectivity index (χ1v) is 12.0. The summed E-state index contributed by atoms with van der Waals surface area (Å²) in [7, 11) is 0. The highest BCUT2D eigenvalue weighted by Gasteiger charge is 2.39. The first kappa shape index (κ1) is 28.5. The van der Waals surface area contributed by atoms with Crippen LogP contribution in [0.1, 0.15) is 46.1 Å². The van der Waals surface area contributed by atoms with E-state index < -0.39 is 48.4 Å². The van der Waals surface area contributed by atoms with E-state index in [1.165, 1.54) is 11.8 Å². The molecule has 4 atom stereocenters. The van der Waals surface area contributed by atoms with Crippen LogP contribution in [0.3, 0.4) is 0 Å². The van der Waals surface area contributed by atoms with Gasteiger partial charge in [-0.25, -0.2) is 0 Å². The van der Waals surface area contributed by atoms with Crippen molar-refractivity contribution in [2.45, 2.75) is 65.1 Å². The Bertz CT molecular complexity index is 996. The molecule has 2 rings (SSSR count). The molecule has 3 N–H and O–H groups in total. The van der Waals surface area contributed by atoms with Gasteiger partial charge >= 0.3 is 5.97 Å². The van der Waals surface area contributed by atoms with Crippen LogP contribution in [0, 0.1) is 5.92 Å². The van der Waals surface area contributed by atoms with E-state index in [1.54, 1.807) is 31.2 Å². The molecule has 1 aromatic rings. The number of aldehydes is 1. The van der Waals surface area contributed by atoms with E-state index in [1.807, 2.05) is 13.8 Å². The monoisotopic (exact) mass is 502 g/mol. The molecule has 11 heteroatoms. The van der Waals surface area contributed by atoms with Crippen LogP contribution in [-0.2, 0) is 39.9 Å². The first-order chi connectivity index (χ1) is 17.1. The fourth-order valence-electron chi connectivity index (χ4n) is 3.99. The molecule has 0 saturated heterocycles. The van der Waals surface area contributed by atoms with Gasteiger partial charge in [-0.15, -0.1) is 0 Å². The molecule has 36 heavy (non-hydrogen) atoms. The van der Waals surface area contributed by atoms with Gasteiger partial charge in [-0.1, -0.05) is 38.5 Å². The Morgan fingerprint density at radius 3 is 2.44 bits per heavy atom. The molecule has 0 bridgehead atoms. The fraction of sp³-hybridized carbons (Fsp3) is 0.520. The SMILES string of the molecule is CCOC(=O)C[C@@H](C=O)NC(=O)C1Cc2ccccc2N1C(=O)CNC(=O)[C@@H](NC(C)=O)[C@@H](C)CC. The van der Waals surface area contributed by atoms with E-state index in [0.717, 1.165) is 5.56 Å². The third-order valence-corrected chi connectivity index (χ3v) is 6.00. The Kier molecular flexibility index (Phi) is 10.6.